The summed E-state index contributed by atoms with van der Waals surface area (Å²) < 4.78 is 0. The lowest BCUT2D eigenvalue weighted by molar-refractivity contribution is -0.124. The average molecular weight is 482 g/mol. The molecule has 0 saturated carbocycles. The van der Waals surface area contributed by atoms with Crippen LogP contribution in [0.2, 0.25) is 5.02 Å². The minimum absolute atomic E-state index is 0.0544. The van der Waals surface area contributed by atoms with E-state index < -0.39 is 0 Å². The molecule has 2 aromatic carbocycles. The highest BCUT2D eigenvalue weighted by atomic mass is 35.5. The van der Waals surface area contributed by atoms with Crippen molar-refractivity contribution in [3.63, 3.8) is 0 Å². The molecule has 0 radical (unpaired) electrons. The smallest absolute Gasteiger partial charge is 0.324 e. The van der Waals surface area contributed by atoms with Crippen molar-refractivity contribution in [3.05, 3.63) is 69.9 Å². The van der Waals surface area contributed by atoms with E-state index in [0.29, 0.717) is 36.6 Å². The van der Waals surface area contributed by atoms with Gasteiger partial charge in [-0.2, -0.15) is 0 Å². The molecule has 0 bridgehead atoms. The highest BCUT2D eigenvalue weighted by Crippen LogP contribution is 2.25. The first-order valence-electron chi connectivity index (χ1n) is 11.2. The van der Waals surface area contributed by atoms with Crippen molar-refractivity contribution in [2.75, 3.05) is 33.7 Å². The molecule has 2 heterocycles. The number of amides is 4. The molecule has 0 atom stereocenters. The number of carbonyl (C=O) groups is 3. The van der Waals surface area contributed by atoms with E-state index in [0.717, 1.165) is 34.1 Å². The second-order valence-electron chi connectivity index (χ2n) is 8.67. The van der Waals surface area contributed by atoms with E-state index in [4.69, 9.17) is 11.6 Å². The molecule has 1 fully saturated rings. The predicted octanol–water partition coefficient (Wildman–Crippen LogP) is 2.95. The summed E-state index contributed by atoms with van der Waals surface area (Å²) in [7, 11) is 4.00. The lowest BCUT2D eigenvalue weighted by Crippen LogP contribution is -2.32. The zero-order chi connectivity index (χ0) is 24.2. The van der Waals surface area contributed by atoms with Gasteiger partial charge >= 0.3 is 6.03 Å². The van der Waals surface area contributed by atoms with Gasteiger partial charge in [0.2, 0.25) is 5.91 Å². The zero-order valence-electron chi connectivity index (χ0n) is 19.3. The fourth-order valence-electron chi connectivity index (χ4n) is 4.03. The van der Waals surface area contributed by atoms with Crippen molar-refractivity contribution in [1.29, 1.82) is 0 Å². The predicted molar refractivity (Wildman–Crippen MR) is 132 cm³/mol. The van der Waals surface area contributed by atoms with Crippen LogP contribution in [0.1, 0.15) is 27.2 Å². The van der Waals surface area contributed by atoms with E-state index in [1.165, 1.54) is 4.90 Å². The second kappa shape index (κ2) is 10.3. The number of nitrogens with one attached hydrogen (secondary N) is 3. The number of imide groups is 1. The topological polar surface area (TPSA) is 97.5 Å². The number of carbonyl (C=O) groups excluding carboxylic acids is 3. The van der Waals surface area contributed by atoms with Gasteiger partial charge in [0, 0.05) is 35.6 Å². The van der Waals surface area contributed by atoms with Crippen molar-refractivity contribution < 1.29 is 14.4 Å². The van der Waals surface area contributed by atoms with E-state index in [1.54, 1.807) is 12.1 Å². The fourth-order valence-corrected chi connectivity index (χ4v) is 4.16. The highest BCUT2D eigenvalue weighted by molar-refractivity contribution is 6.30. The van der Waals surface area contributed by atoms with Gasteiger partial charge in [0.15, 0.2) is 0 Å². The highest BCUT2D eigenvalue weighted by Gasteiger charge is 2.27. The van der Waals surface area contributed by atoms with Gasteiger partial charge in [-0.1, -0.05) is 29.8 Å². The maximum Gasteiger partial charge on any atom is 0.324 e. The van der Waals surface area contributed by atoms with Crippen LogP contribution in [-0.4, -0.2) is 66.4 Å². The molecular formula is C25H28ClN5O3. The summed E-state index contributed by atoms with van der Waals surface area (Å²) in [5.74, 6) is -0.375. The van der Waals surface area contributed by atoms with Crippen molar-refractivity contribution in [2.45, 2.75) is 19.4 Å². The maximum absolute atomic E-state index is 13.1. The van der Waals surface area contributed by atoms with Crippen LogP contribution in [0.4, 0.5) is 4.79 Å². The molecule has 4 rings (SSSR count). The summed E-state index contributed by atoms with van der Waals surface area (Å²) >= 11 is 5.95. The van der Waals surface area contributed by atoms with Crippen LogP contribution in [0, 0.1) is 0 Å². The third-order valence-corrected chi connectivity index (χ3v) is 6.19. The van der Waals surface area contributed by atoms with Gasteiger partial charge in [0.25, 0.3) is 5.91 Å². The summed E-state index contributed by atoms with van der Waals surface area (Å²) in [6.07, 6.45) is 1.25. The molecule has 1 aromatic heterocycles. The number of likely N-dealkylation sites (N-methyl/N-ethyl adjacent to an activating group) is 1. The SMILES string of the molecule is CN(C)CCc1c(C(=O)NCc2ccc(Cl)cc2)[nH]c2ccc(CCN3C(=O)CNC3=O)cc12. The number of hydrogen-bond donors (Lipinski definition) is 3. The summed E-state index contributed by atoms with van der Waals surface area (Å²) in [6.45, 7) is 1.56. The Morgan fingerprint density at radius 1 is 1.09 bits per heavy atom. The summed E-state index contributed by atoms with van der Waals surface area (Å²) in [5.41, 5.74) is 4.35. The first-order valence-corrected chi connectivity index (χ1v) is 11.6. The Morgan fingerprint density at radius 3 is 2.50 bits per heavy atom. The van der Waals surface area contributed by atoms with Crippen LogP contribution in [0.25, 0.3) is 10.9 Å². The molecule has 3 aromatic rings. The van der Waals surface area contributed by atoms with Gasteiger partial charge in [-0.15, -0.1) is 0 Å². The van der Waals surface area contributed by atoms with E-state index >= 15 is 0 Å². The Bertz CT molecular complexity index is 1200. The number of rotatable bonds is 9. The molecule has 1 aliphatic heterocycles. The van der Waals surface area contributed by atoms with Gasteiger partial charge in [-0.25, -0.2) is 4.79 Å². The molecule has 8 nitrogen and oxygen atoms in total. The quantitative estimate of drug-likeness (QED) is 0.409. The molecule has 4 amide bonds. The monoisotopic (exact) mass is 481 g/mol. The summed E-state index contributed by atoms with van der Waals surface area (Å²) in [4.78, 5) is 43.4. The van der Waals surface area contributed by atoms with Crippen LogP contribution in [-0.2, 0) is 24.2 Å². The van der Waals surface area contributed by atoms with Crippen LogP contribution in [0.15, 0.2) is 42.5 Å². The lowest BCUT2D eigenvalue weighted by atomic mass is 10.0. The third kappa shape index (κ3) is 5.40. The summed E-state index contributed by atoms with van der Waals surface area (Å²) in [6, 6.07) is 13.0. The van der Waals surface area contributed by atoms with E-state index in [2.05, 4.69) is 20.5 Å². The molecule has 3 N–H and O–H groups in total. The molecule has 0 unspecified atom stereocenters. The van der Waals surface area contributed by atoms with Crippen molar-refractivity contribution in [2.24, 2.45) is 0 Å². The maximum atomic E-state index is 13.1. The van der Waals surface area contributed by atoms with Gasteiger partial charge in [-0.3, -0.25) is 14.5 Å². The van der Waals surface area contributed by atoms with Gasteiger partial charge < -0.3 is 20.5 Å². The lowest BCUT2D eigenvalue weighted by Gasteiger charge is -2.13. The number of halogens is 1. The molecule has 1 aliphatic rings. The molecule has 0 spiro atoms. The molecule has 9 heteroatoms. The summed E-state index contributed by atoms with van der Waals surface area (Å²) in [5, 5.41) is 7.17. The van der Waals surface area contributed by atoms with E-state index in [1.807, 2.05) is 44.4 Å². The fraction of sp³-hybridized carbons (Fsp3) is 0.320. The number of hydrogen-bond acceptors (Lipinski definition) is 4. The number of aromatic nitrogens is 1. The second-order valence-corrected chi connectivity index (χ2v) is 9.11. The Morgan fingerprint density at radius 2 is 1.82 bits per heavy atom. The first-order chi connectivity index (χ1) is 16.3. The Kier molecular flexibility index (Phi) is 7.19. The number of fused-ring (bicyclic) bond motifs is 1. The Hall–Kier alpha value is -3.36. The Labute approximate surface area is 203 Å². The van der Waals surface area contributed by atoms with Crippen molar-refractivity contribution in [3.8, 4) is 0 Å². The van der Waals surface area contributed by atoms with Crippen molar-refractivity contribution >= 4 is 40.3 Å². The van der Waals surface area contributed by atoms with Crippen LogP contribution in [0.3, 0.4) is 0 Å². The van der Waals surface area contributed by atoms with Crippen LogP contribution in [0.5, 0.6) is 0 Å². The van der Waals surface area contributed by atoms with Gasteiger partial charge in [-0.05, 0) is 67.9 Å². The van der Waals surface area contributed by atoms with Crippen LogP contribution >= 0.6 is 11.6 Å². The number of nitrogens with zero attached hydrogens (tertiary/aromatic N) is 2. The van der Waals surface area contributed by atoms with Crippen LogP contribution < -0.4 is 10.6 Å². The standard InChI is InChI=1S/C25H28ClN5O3/c1-30(2)11-10-19-20-13-16(9-12-31-22(32)15-28-25(31)34)5-8-21(20)29-23(19)24(33)27-14-17-3-6-18(26)7-4-17/h3-8,13,29H,9-12,14-15H2,1-2H3,(H,27,33)(H,28,34). The molecule has 1 saturated heterocycles. The molecular weight excluding hydrogens is 454 g/mol. The first kappa shape index (κ1) is 23.8. The normalized spacial score (nSPS) is 13.7. The number of H-pyrrole nitrogens is 1. The minimum atomic E-state index is -0.348. The molecule has 34 heavy (non-hydrogen) atoms. The average Bonchev–Trinajstić information content (AvgIpc) is 3.34. The largest absolute Gasteiger partial charge is 0.350 e. The number of aromatic amines is 1. The molecule has 0 aliphatic carbocycles. The minimum Gasteiger partial charge on any atom is -0.350 e. The zero-order valence-corrected chi connectivity index (χ0v) is 20.0. The number of benzene rings is 2. The Balaban J connectivity index is 1.55. The third-order valence-electron chi connectivity index (χ3n) is 5.93. The van der Waals surface area contributed by atoms with E-state index in [-0.39, 0.29) is 24.4 Å². The molecule has 178 valence electrons. The van der Waals surface area contributed by atoms with Gasteiger partial charge in [0.1, 0.15) is 5.69 Å². The van der Waals surface area contributed by atoms with Gasteiger partial charge in [0.05, 0.1) is 6.54 Å². The van der Waals surface area contributed by atoms with Crippen molar-refractivity contribution in [1.82, 2.24) is 25.4 Å². The number of urea groups is 1. The van der Waals surface area contributed by atoms with E-state index in [9.17, 15) is 14.4 Å².